The maximum absolute atomic E-state index is 12.2. The summed E-state index contributed by atoms with van der Waals surface area (Å²) in [6.07, 6.45) is 3.36. The van der Waals surface area contributed by atoms with Crippen molar-refractivity contribution in [2.24, 2.45) is 17.3 Å². The van der Waals surface area contributed by atoms with E-state index in [1.807, 2.05) is 0 Å². The molecule has 1 spiro atoms. The van der Waals surface area contributed by atoms with Crippen LogP contribution in [0.4, 0.5) is 0 Å². The topological polar surface area (TPSA) is 32.8 Å². The summed E-state index contributed by atoms with van der Waals surface area (Å²) in [4.78, 5) is 16.7. The van der Waals surface area contributed by atoms with E-state index in [0.29, 0.717) is 17.2 Å². The average Bonchev–Trinajstić information content (AvgIpc) is 2.29. The van der Waals surface area contributed by atoms with Gasteiger partial charge in [-0.1, -0.05) is 13.8 Å². The van der Waals surface area contributed by atoms with Crippen LogP contribution in [0, 0.1) is 17.3 Å². The third-order valence-electron chi connectivity index (χ3n) is 5.10. The molecule has 0 N–H and O–H groups in total. The predicted molar refractivity (Wildman–Crippen MR) is 78.5 cm³/mol. The number of ether oxygens (including phenoxy) is 1. The highest BCUT2D eigenvalue weighted by Crippen LogP contribution is 2.52. The van der Waals surface area contributed by atoms with E-state index in [1.165, 1.54) is 13.1 Å². The van der Waals surface area contributed by atoms with E-state index in [4.69, 9.17) is 4.74 Å². The zero-order chi connectivity index (χ0) is 14.2. The Hall–Kier alpha value is -0.610. The highest BCUT2D eigenvalue weighted by atomic mass is 16.5. The molecule has 3 fully saturated rings. The average molecular weight is 280 g/mol. The first kappa shape index (κ1) is 14.3. The summed E-state index contributed by atoms with van der Waals surface area (Å²) in [7, 11) is 0. The van der Waals surface area contributed by atoms with Gasteiger partial charge in [0.25, 0.3) is 0 Å². The van der Waals surface area contributed by atoms with E-state index >= 15 is 0 Å². The number of carbonyl (C=O) groups excluding carboxylic acids is 1. The second kappa shape index (κ2) is 5.64. The van der Waals surface area contributed by atoms with Gasteiger partial charge in [-0.2, -0.15) is 0 Å². The molecule has 2 saturated heterocycles. The number of nitrogens with zero attached hydrogens (tertiary/aromatic N) is 2. The van der Waals surface area contributed by atoms with E-state index < -0.39 is 0 Å². The minimum Gasteiger partial charge on any atom is -0.380 e. The smallest absolute Gasteiger partial charge is 0.225 e. The normalized spacial score (nSPS) is 26.2. The van der Waals surface area contributed by atoms with E-state index in [-0.39, 0.29) is 0 Å². The number of likely N-dealkylation sites (tertiary alicyclic amines) is 2. The SMILES string of the molecule is CCCOCCN1CC2(CC(C(=O)N3CC(C)C3)C2)C1. The van der Waals surface area contributed by atoms with E-state index in [0.717, 1.165) is 58.0 Å². The Morgan fingerprint density at radius 1 is 1.25 bits per heavy atom. The quantitative estimate of drug-likeness (QED) is 0.693. The molecule has 0 aromatic rings. The fourth-order valence-electron chi connectivity index (χ4n) is 4.06. The van der Waals surface area contributed by atoms with Crippen LogP contribution >= 0.6 is 0 Å². The molecule has 0 unspecified atom stereocenters. The molecule has 4 nitrogen and oxygen atoms in total. The Morgan fingerprint density at radius 3 is 2.55 bits per heavy atom. The van der Waals surface area contributed by atoms with Gasteiger partial charge in [0, 0.05) is 45.2 Å². The Labute approximate surface area is 122 Å². The Kier molecular flexibility index (Phi) is 4.04. The predicted octanol–water partition coefficient (Wildman–Crippen LogP) is 1.60. The number of carbonyl (C=O) groups is 1. The number of hydrogen-bond donors (Lipinski definition) is 0. The summed E-state index contributed by atoms with van der Waals surface area (Å²) in [5, 5.41) is 0. The molecule has 1 saturated carbocycles. The first-order chi connectivity index (χ1) is 9.62. The molecule has 0 aromatic heterocycles. The van der Waals surface area contributed by atoms with Crippen molar-refractivity contribution in [3.05, 3.63) is 0 Å². The number of rotatable bonds is 6. The second-order valence-electron chi connectivity index (χ2n) is 7.28. The monoisotopic (exact) mass is 280 g/mol. The van der Waals surface area contributed by atoms with E-state index in [1.54, 1.807) is 0 Å². The summed E-state index contributed by atoms with van der Waals surface area (Å²) in [5.74, 6) is 1.48. The molecule has 3 rings (SSSR count). The zero-order valence-electron chi connectivity index (χ0n) is 12.9. The van der Waals surface area contributed by atoms with Crippen LogP contribution in [0.15, 0.2) is 0 Å². The first-order valence-electron chi connectivity index (χ1n) is 8.21. The van der Waals surface area contributed by atoms with Crippen LogP contribution in [0.2, 0.25) is 0 Å². The van der Waals surface area contributed by atoms with Gasteiger partial charge in [0.2, 0.25) is 5.91 Å². The Bertz CT molecular complexity index is 351. The van der Waals surface area contributed by atoms with Crippen molar-refractivity contribution in [1.29, 1.82) is 0 Å². The highest BCUT2D eigenvalue weighted by molar-refractivity contribution is 5.80. The minimum atomic E-state index is 0.334. The summed E-state index contributed by atoms with van der Waals surface area (Å²) >= 11 is 0. The molecule has 2 heterocycles. The van der Waals surface area contributed by atoms with Crippen LogP contribution < -0.4 is 0 Å². The van der Waals surface area contributed by atoms with Gasteiger partial charge in [-0.05, 0) is 30.6 Å². The van der Waals surface area contributed by atoms with Crippen molar-refractivity contribution in [2.75, 3.05) is 45.9 Å². The van der Waals surface area contributed by atoms with Crippen molar-refractivity contribution in [2.45, 2.75) is 33.1 Å². The van der Waals surface area contributed by atoms with Crippen molar-refractivity contribution in [1.82, 2.24) is 9.80 Å². The molecule has 2 aliphatic heterocycles. The third kappa shape index (κ3) is 2.73. The lowest BCUT2D eigenvalue weighted by Gasteiger charge is -2.59. The molecular formula is C16H28N2O2. The molecule has 0 aromatic carbocycles. The van der Waals surface area contributed by atoms with Gasteiger partial charge in [-0.3, -0.25) is 9.69 Å². The lowest BCUT2D eigenvalue weighted by atomic mass is 9.57. The first-order valence-corrected chi connectivity index (χ1v) is 8.21. The van der Waals surface area contributed by atoms with Gasteiger partial charge >= 0.3 is 0 Å². The lowest BCUT2D eigenvalue weighted by Crippen LogP contribution is -2.65. The second-order valence-corrected chi connectivity index (χ2v) is 7.28. The molecule has 1 amide bonds. The lowest BCUT2D eigenvalue weighted by molar-refractivity contribution is -0.160. The molecule has 1 aliphatic carbocycles. The molecule has 20 heavy (non-hydrogen) atoms. The van der Waals surface area contributed by atoms with E-state index in [9.17, 15) is 4.79 Å². The zero-order valence-corrected chi connectivity index (χ0v) is 12.9. The number of hydrogen-bond acceptors (Lipinski definition) is 3. The molecule has 3 aliphatic rings. The van der Waals surface area contributed by atoms with Gasteiger partial charge in [-0.15, -0.1) is 0 Å². The van der Waals surface area contributed by atoms with Gasteiger partial charge in [0.1, 0.15) is 0 Å². The van der Waals surface area contributed by atoms with Gasteiger partial charge in [0.05, 0.1) is 6.61 Å². The maximum Gasteiger partial charge on any atom is 0.225 e. The van der Waals surface area contributed by atoms with Gasteiger partial charge < -0.3 is 9.64 Å². The molecule has 0 radical (unpaired) electrons. The summed E-state index contributed by atoms with van der Waals surface area (Å²) in [5.41, 5.74) is 0.488. The van der Waals surface area contributed by atoms with Crippen LogP contribution in [0.3, 0.4) is 0 Å². The molecule has 4 heteroatoms. The van der Waals surface area contributed by atoms with Gasteiger partial charge in [0.15, 0.2) is 0 Å². The standard InChI is InChI=1S/C16H28N2O2/c1-3-5-20-6-4-17-11-16(12-17)7-14(8-16)15(19)18-9-13(2)10-18/h13-14H,3-12H2,1-2H3. The minimum absolute atomic E-state index is 0.334. The molecule has 114 valence electrons. The fourth-order valence-corrected chi connectivity index (χ4v) is 4.06. The Balaban J connectivity index is 1.30. The fraction of sp³-hybridized carbons (Fsp3) is 0.938. The van der Waals surface area contributed by atoms with Crippen LogP contribution in [0.25, 0.3) is 0 Å². The van der Waals surface area contributed by atoms with Crippen LogP contribution in [-0.2, 0) is 9.53 Å². The third-order valence-corrected chi connectivity index (χ3v) is 5.10. The largest absolute Gasteiger partial charge is 0.380 e. The molecule has 0 bridgehead atoms. The van der Waals surface area contributed by atoms with Crippen molar-refractivity contribution in [3.8, 4) is 0 Å². The summed E-state index contributed by atoms with van der Waals surface area (Å²) in [6.45, 7) is 11.5. The highest BCUT2D eigenvalue weighted by Gasteiger charge is 2.55. The maximum atomic E-state index is 12.2. The molecular weight excluding hydrogens is 252 g/mol. The Morgan fingerprint density at radius 2 is 1.95 bits per heavy atom. The number of amides is 1. The van der Waals surface area contributed by atoms with Crippen LogP contribution in [0.1, 0.15) is 33.1 Å². The van der Waals surface area contributed by atoms with E-state index in [2.05, 4.69) is 23.6 Å². The van der Waals surface area contributed by atoms with Gasteiger partial charge in [-0.25, -0.2) is 0 Å². The summed E-state index contributed by atoms with van der Waals surface area (Å²) < 4.78 is 5.53. The van der Waals surface area contributed by atoms with Crippen LogP contribution in [0.5, 0.6) is 0 Å². The molecule has 0 atom stereocenters. The van der Waals surface area contributed by atoms with Crippen molar-refractivity contribution >= 4 is 5.91 Å². The van der Waals surface area contributed by atoms with Crippen molar-refractivity contribution in [3.63, 3.8) is 0 Å². The summed E-state index contributed by atoms with van der Waals surface area (Å²) in [6, 6.07) is 0. The van der Waals surface area contributed by atoms with Crippen LogP contribution in [-0.4, -0.2) is 61.6 Å². The van der Waals surface area contributed by atoms with Crippen molar-refractivity contribution < 1.29 is 9.53 Å².